The second kappa shape index (κ2) is 5.57. The van der Waals surface area contributed by atoms with Gasteiger partial charge in [0.2, 0.25) is 0 Å². The van der Waals surface area contributed by atoms with Crippen LogP contribution in [0.25, 0.3) is 0 Å². The number of aryl methyl sites for hydroxylation is 1. The maximum atomic E-state index is 4.37. The van der Waals surface area contributed by atoms with Crippen molar-refractivity contribution in [3.63, 3.8) is 0 Å². The predicted molar refractivity (Wildman–Crippen MR) is 77.0 cm³/mol. The molecule has 0 radical (unpaired) electrons. The van der Waals surface area contributed by atoms with Gasteiger partial charge in [-0.2, -0.15) is 5.10 Å². The van der Waals surface area contributed by atoms with Gasteiger partial charge >= 0.3 is 0 Å². The number of aromatic nitrogens is 2. The smallest absolute Gasteiger partial charge is 0.0522 e. The summed E-state index contributed by atoms with van der Waals surface area (Å²) in [6.07, 6.45) is 5.33. The summed E-state index contributed by atoms with van der Waals surface area (Å²) in [5.74, 6) is 0. The maximum absolute atomic E-state index is 4.37. The lowest BCUT2D eigenvalue weighted by Gasteiger charge is -2.13. The Balaban J connectivity index is 1.58. The van der Waals surface area contributed by atoms with E-state index in [1.54, 1.807) is 0 Å². The fourth-order valence-corrected chi connectivity index (χ4v) is 2.88. The van der Waals surface area contributed by atoms with Gasteiger partial charge in [0.1, 0.15) is 0 Å². The molecule has 0 atom stereocenters. The summed E-state index contributed by atoms with van der Waals surface area (Å²) >= 11 is 0. The molecular weight excluding hydrogens is 234 g/mol. The van der Waals surface area contributed by atoms with Gasteiger partial charge in [-0.05, 0) is 36.5 Å². The highest BCUT2D eigenvalue weighted by Crippen LogP contribution is 2.21. The Hall–Kier alpha value is -1.61. The third-order valence-electron chi connectivity index (χ3n) is 3.86. The van der Waals surface area contributed by atoms with E-state index in [4.69, 9.17) is 0 Å². The summed E-state index contributed by atoms with van der Waals surface area (Å²) in [6.45, 7) is 4.11. The van der Waals surface area contributed by atoms with E-state index in [2.05, 4.69) is 52.4 Å². The number of hydrogen-bond donors (Lipinski definition) is 1. The molecule has 1 N–H and O–H groups in total. The molecule has 3 rings (SSSR count). The molecule has 1 aromatic heterocycles. The topological polar surface area (TPSA) is 29.9 Å². The highest BCUT2D eigenvalue weighted by Gasteiger charge is 2.20. The van der Waals surface area contributed by atoms with Crippen molar-refractivity contribution in [2.45, 2.75) is 45.3 Å². The van der Waals surface area contributed by atoms with Gasteiger partial charge in [0.25, 0.3) is 0 Å². The van der Waals surface area contributed by atoms with E-state index in [0.717, 1.165) is 32.4 Å². The SMILES string of the molecule is CCCn1nccc1CNC1Cc2ccccc2C1. The third-order valence-corrected chi connectivity index (χ3v) is 3.86. The lowest BCUT2D eigenvalue weighted by Crippen LogP contribution is -2.30. The van der Waals surface area contributed by atoms with Crippen LogP contribution in [0.5, 0.6) is 0 Å². The van der Waals surface area contributed by atoms with E-state index < -0.39 is 0 Å². The zero-order chi connectivity index (χ0) is 13.1. The van der Waals surface area contributed by atoms with Crippen LogP contribution in [0.2, 0.25) is 0 Å². The molecule has 1 heterocycles. The Kier molecular flexibility index (Phi) is 3.65. The van der Waals surface area contributed by atoms with E-state index in [9.17, 15) is 0 Å². The minimum Gasteiger partial charge on any atom is -0.308 e. The Labute approximate surface area is 114 Å². The molecule has 0 saturated carbocycles. The zero-order valence-electron chi connectivity index (χ0n) is 11.5. The maximum Gasteiger partial charge on any atom is 0.0522 e. The first kappa shape index (κ1) is 12.4. The molecule has 0 unspecified atom stereocenters. The van der Waals surface area contributed by atoms with E-state index in [1.165, 1.54) is 16.8 Å². The second-order valence-electron chi connectivity index (χ2n) is 5.30. The van der Waals surface area contributed by atoms with E-state index in [-0.39, 0.29) is 0 Å². The molecule has 0 bridgehead atoms. The van der Waals surface area contributed by atoms with E-state index in [1.807, 2.05) is 6.20 Å². The fraction of sp³-hybridized carbons (Fsp3) is 0.438. The summed E-state index contributed by atoms with van der Waals surface area (Å²) in [6, 6.07) is 11.5. The van der Waals surface area contributed by atoms with Crippen LogP contribution in [0, 0.1) is 0 Å². The zero-order valence-corrected chi connectivity index (χ0v) is 11.5. The first-order valence-electron chi connectivity index (χ1n) is 7.17. The average molecular weight is 255 g/mol. The van der Waals surface area contributed by atoms with Crippen molar-refractivity contribution in [2.24, 2.45) is 0 Å². The largest absolute Gasteiger partial charge is 0.308 e. The van der Waals surface area contributed by atoms with Crippen molar-refractivity contribution in [1.82, 2.24) is 15.1 Å². The summed E-state index contributed by atoms with van der Waals surface area (Å²) < 4.78 is 2.11. The van der Waals surface area contributed by atoms with Gasteiger partial charge in [-0.1, -0.05) is 31.2 Å². The van der Waals surface area contributed by atoms with Crippen LogP contribution in [0.1, 0.15) is 30.2 Å². The van der Waals surface area contributed by atoms with Crippen LogP contribution in [0.4, 0.5) is 0 Å². The third kappa shape index (κ3) is 2.71. The summed E-state index contributed by atoms with van der Waals surface area (Å²) in [5.41, 5.74) is 4.29. The van der Waals surface area contributed by atoms with Crippen molar-refractivity contribution in [1.29, 1.82) is 0 Å². The second-order valence-corrected chi connectivity index (χ2v) is 5.30. The molecule has 0 fully saturated rings. The quantitative estimate of drug-likeness (QED) is 0.890. The van der Waals surface area contributed by atoms with Gasteiger partial charge in [0.15, 0.2) is 0 Å². The Morgan fingerprint density at radius 2 is 1.95 bits per heavy atom. The van der Waals surface area contributed by atoms with Crippen LogP contribution in [0.15, 0.2) is 36.5 Å². The Bertz CT molecular complexity index is 519. The van der Waals surface area contributed by atoms with Crippen molar-refractivity contribution in [2.75, 3.05) is 0 Å². The Morgan fingerprint density at radius 1 is 1.21 bits per heavy atom. The molecular formula is C16H21N3. The van der Waals surface area contributed by atoms with Crippen molar-refractivity contribution in [3.8, 4) is 0 Å². The number of fused-ring (bicyclic) bond motifs is 1. The van der Waals surface area contributed by atoms with Crippen LogP contribution in [-0.4, -0.2) is 15.8 Å². The first-order valence-corrected chi connectivity index (χ1v) is 7.17. The van der Waals surface area contributed by atoms with Crippen LogP contribution >= 0.6 is 0 Å². The van der Waals surface area contributed by atoms with Gasteiger partial charge in [-0.25, -0.2) is 0 Å². The molecule has 0 saturated heterocycles. The van der Waals surface area contributed by atoms with Crippen molar-refractivity contribution >= 4 is 0 Å². The predicted octanol–water partition coefficient (Wildman–Crippen LogP) is 2.55. The monoisotopic (exact) mass is 255 g/mol. The van der Waals surface area contributed by atoms with Crippen molar-refractivity contribution in [3.05, 3.63) is 53.3 Å². The molecule has 1 aliphatic rings. The number of nitrogens with one attached hydrogen (secondary N) is 1. The lowest BCUT2D eigenvalue weighted by atomic mass is 10.1. The molecule has 3 heteroatoms. The summed E-state index contributed by atoms with van der Waals surface area (Å²) in [4.78, 5) is 0. The fourth-order valence-electron chi connectivity index (χ4n) is 2.88. The Morgan fingerprint density at radius 3 is 2.63 bits per heavy atom. The minimum atomic E-state index is 0.572. The van der Waals surface area contributed by atoms with E-state index >= 15 is 0 Å². The lowest BCUT2D eigenvalue weighted by molar-refractivity contribution is 0.496. The van der Waals surface area contributed by atoms with Crippen LogP contribution in [0.3, 0.4) is 0 Å². The van der Waals surface area contributed by atoms with E-state index in [0.29, 0.717) is 6.04 Å². The summed E-state index contributed by atoms with van der Waals surface area (Å²) in [5, 5.41) is 8.04. The van der Waals surface area contributed by atoms with Gasteiger partial charge < -0.3 is 5.32 Å². The minimum absolute atomic E-state index is 0.572. The first-order chi connectivity index (χ1) is 9.36. The van der Waals surface area contributed by atoms with Crippen LogP contribution in [-0.2, 0) is 25.9 Å². The molecule has 0 spiro atoms. The molecule has 2 aromatic rings. The molecule has 0 aliphatic heterocycles. The van der Waals surface area contributed by atoms with Gasteiger partial charge in [0, 0.05) is 25.3 Å². The number of benzene rings is 1. The normalized spacial score (nSPS) is 14.8. The van der Waals surface area contributed by atoms with Gasteiger partial charge in [-0.15, -0.1) is 0 Å². The highest BCUT2D eigenvalue weighted by molar-refractivity contribution is 5.33. The molecule has 1 aromatic carbocycles. The molecule has 0 amide bonds. The summed E-state index contributed by atoms with van der Waals surface area (Å²) in [7, 11) is 0. The molecule has 3 nitrogen and oxygen atoms in total. The number of rotatable bonds is 5. The number of hydrogen-bond acceptors (Lipinski definition) is 2. The molecule has 100 valence electrons. The standard InChI is InChI=1S/C16H21N3/c1-2-9-19-16(7-8-18-19)12-17-15-10-13-5-3-4-6-14(13)11-15/h3-8,15,17H,2,9-12H2,1H3. The van der Waals surface area contributed by atoms with Crippen molar-refractivity contribution < 1.29 is 0 Å². The molecule has 19 heavy (non-hydrogen) atoms. The number of nitrogens with zero attached hydrogens (tertiary/aromatic N) is 2. The highest BCUT2D eigenvalue weighted by atomic mass is 15.3. The van der Waals surface area contributed by atoms with Gasteiger partial charge in [-0.3, -0.25) is 4.68 Å². The molecule has 1 aliphatic carbocycles. The van der Waals surface area contributed by atoms with Gasteiger partial charge in [0.05, 0.1) is 5.69 Å². The van der Waals surface area contributed by atoms with Crippen LogP contribution < -0.4 is 5.32 Å². The average Bonchev–Trinajstić information content (AvgIpc) is 3.02.